The molecule has 0 atom stereocenters. The summed E-state index contributed by atoms with van der Waals surface area (Å²) in [5.74, 6) is 0.579. The molecule has 0 spiro atoms. The molecule has 8 heteroatoms. The van der Waals surface area contributed by atoms with E-state index in [1.165, 1.54) is 12.3 Å². The molecule has 7 nitrogen and oxygen atoms in total. The highest BCUT2D eigenvalue weighted by atomic mass is 32.2. The van der Waals surface area contributed by atoms with E-state index in [0.717, 1.165) is 12.0 Å². The van der Waals surface area contributed by atoms with Gasteiger partial charge < -0.3 is 10.1 Å². The van der Waals surface area contributed by atoms with Crippen molar-refractivity contribution in [3.63, 3.8) is 0 Å². The number of benzene rings is 2. The molecule has 0 aliphatic rings. The number of hydrogen-bond donors (Lipinski definition) is 2. The summed E-state index contributed by atoms with van der Waals surface area (Å²) in [5, 5.41) is 2.68. The number of aromatic nitrogens is 1. The first-order chi connectivity index (χ1) is 15.8. The monoisotopic (exact) mass is 465 g/mol. The Balaban J connectivity index is 1.77. The Morgan fingerprint density at radius 3 is 2.58 bits per heavy atom. The van der Waals surface area contributed by atoms with Gasteiger partial charge in [0.2, 0.25) is 5.88 Å². The van der Waals surface area contributed by atoms with Crippen LogP contribution in [0.2, 0.25) is 0 Å². The van der Waals surface area contributed by atoms with Gasteiger partial charge in [-0.05, 0) is 54.3 Å². The number of anilines is 1. The summed E-state index contributed by atoms with van der Waals surface area (Å²) in [6.45, 7) is 8.11. The number of amides is 1. The van der Waals surface area contributed by atoms with Crippen LogP contribution in [0.25, 0.3) is 0 Å². The zero-order chi connectivity index (χ0) is 23.8. The SMILES string of the molecule is C=CCNC(=O)c1cccnc1Oc1cccc(NS(=O)(=O)c2ccc(CC(C)C)cc2)c1. The third-order valence-electron chi connectivity index (χ3n) is 4.60. The first-order valence-electron chi connectivity index (χ1n) is 10.5. The van der Waals surface area contributed by atoms with E-state index in [0.29, 0.717) is 23.9 Å². The summed E-state index contributed by atoms with van der Waals surface area (Å²) in [6.07, 6.45) is 3.96. The first-order valence-corrected chi connectivity index (χ1v) is 12.0. The van der Waals surface area contributed by atoms with Crippen molar-refractivity contribution in [2.45, 2.75) is 25.2 Å². The van der Waals surface area contributed by atoms with Crippen LogP contribution in [0, 0.1) is 5.92 Å². The minimum absolute atomic E-state index is 0.111. The second-order valence-corrected chi connectivity index (χ2v) is 9.51. The smallest absolute Gasteiger partial charge is 0.261 e. The molecule has 0 radical (unpaired) electrons. The molecule has 2 N–H and O–H groups in total. The molecule has 0 fully saturated rings. The standard InChI is InChI=1S/C25H27N3O4S/c1-4-14-26-24(29)23-9-6-15-27-25(23)32-21-8-5-7-20(17-21)28-33(30,31)22-12-10-19(11-13-22)16-18(2)3/h4-13,15,17-18,28H,1,14,16H2,2-3H3,(H,26,29). The van der Waals surface area contributed by atoms with Gasteiger partial charge in [0.05, 0.1) is 10.6 Å². The Hall–Kier alpha value is -3.65. The fourth-order valence-electron chi connectivity index (χ4n) is 3.13. The summed E-state index contributed by atoms with van der Waals surface area (Å²) in [6, 6.07) is 16.5. The van der Waals surface area contributed by atoms with Crippen molar-refractivity contribution in [2.75, 3.05) is 11.3 Å². The van der Waals surface area contributed by atoms with Gasteiger partial charge in [0.1, 0.15) is 11.3 Å². The largest absolute Gasteiger partial charge is 0.438 e. The molecule has 0 aliphatic heterocycles. The molecular formula is C25H27N3O4S. The summed E-state index contributed by atoms with van der Waals surface area (Å²) < 4.78 is 34.0. The number of carbonyl (C=O) groups is 1. The van der Waals surface area contributed by atoms with Crippen molar-refractivity contribution in [1.29, 1.82) is 0 Å². The number of rotatable bonds is 10. The Bertz CT molecular complexity index is 1220. The molecule has 1 heterocycles. The predicted octanol–water partition coefficient (Wildman–Crippen LogP) is 4.79. The van der Waals surface area contributed by atoms with Crippen LogP contribution in [0.4, 0.5) is 5.69 Å². The van der Waals surface area contributed by atoms with Gasteiger partial charge in [0, 0.05) is 18.8 Å². The van der Waals surface area contributed by atoms with Gasteiger partial charge in [-0.25, -0.2) is 13.4 Å². The van der Waals surface area contributed by atoms with Gasteiger partial charge in [-0.3, -0.25) is 9.52 Å². The van der Waals surface area contributed by atoms with Crippen molar-refractivity contribution in [1.82, 2.24) is 10.3 Å². The van der Waals surface area contributed by atoms with Crippen LogP contribution >= 0.6 is 0 Å². The van der Waals surface area contributed by atoms with E-state index in [4.69, 9.17) is 4.74 Å². The van der Waals surface area contributed by atoms with Gasteiger partial charge in [0.15, 0.2) is 0 Å². The van der Waals surface area contributed by atoms with E-state index in [1.807, 2.05) is 12.1 Å². The van der Waals surface area contributed by atoms with Crippen molar-refractivity contribution < 1.29 is 17.9 Å². The lowest BCUT2D eigenvalue weighted by Crippen LogP contribution is -2.23. The number of ether oxygens (including phenoxy) is 1. The van der Waals surface area contributed by atoms with Crippen LogP contribution < -0.4 is 14.8 Å². The lowest BCUT2D eigenvalue weighted by molar-refractivity contribution is 0.0955. The number of pyridine rings is 1. The molecule has 2 aromatic carbocycles. The third-order valence-corrected chi connectivity index (χ3v) is 6.00. The number of hydrogen-bond acceptors (Lipinski definition) is 5. The fourth-order valence-corrected chi connectivity index (χ4v) is 4.18. The molecule has 3 aromatic rings. The second kappa shape index (κ2) is 10.8. The normalized spacial score (nSPS) is 11.1. The Morgan fingerprint density at radius 1 is 1.12 bits per heavy atom. The summed E-state index contributed by atoms with van der Waals surface area (Å²) in [7, 11) is -3.77. The predicted molar refractivity (Wildman–Crippen MR) is 129 cm³/mol. The van der Waals surface area contributed by atoms with E-state index in [1.54, 1.807) is 48.5 Å². The average Bonchev–Trinajstić information content (AvgIpc) is 2.78. The van der Waals surface area contributed by atoms with Crippen LogP contribution in [0.3, 0.4) is 0 Å². The molecule has 0 aliphatic carbocycles. The zero-order valence-corrected chi connectivity index (χ0v) is 19.4. The van der Waals surface area contributed by atoms with E-state index in [9.17, 15) is 13.2 Å². The highest BCUT2D eigenvalue weighted by Gasteiger charge is 2.16. The summed E-state index contributed by atoms with van der Waals surface area (Å²) >= 11 is 0. The van der Waals surface area contributed by atoms with Gasteiger partial charge in [0.25, 0.3) is 15.9 Å². The number of nitrogens with one attached hydrogen (secondary N) is 2. The van der Waals surface area contributed by atoms with Crippen molar-refractivity contribution in [3.05, 3.63) is 90.6 Å². The molecule has 0 saturated heterocycles. The first kappa shape index (κ1) is 24.0. The molecule has 0 unspecified atom stereocenters. The lowest BCUT2D eigenvalue weighted by Gasteiger charge is -2.12. The van der Waals surface area contributed by atoms with Gasteiger partial charge in [-0.15, -0.1) is 6.58 Å². The number of carbonyl (C=O) groups excluding carboxylic acids is 1. The maximum Gasteiger partial charge on any atom is 0.261 e. The van der Waals surface area contributed by atoms with E-state index in [-0.39, 0.29) is 22.2 Å². The summed E-state index contributed by atoms with van der Waals surface area (Å²) in [5.41, 5.74) is 1.67. The van der Waals surface area contributed by atoms with Crippen LogP contribution in [0.5, 0.6) is 11.6 Å². The molecule has 1 amide bonds. The molecule has 33 heavy (non-hydrogen) atoms. The van der Waals surface area contributed by atoms with E-state index < -0.39 is 10.0 Å². The Morgan fingerprint density at radius 2 is 1.88 bits per heavy atom. The third kappa shape index (κ3) is 6.66. The van der Waals surface area contributed by atoms with Crippen LogP contribution in [-0.4, -0.2) is 25.9 Å². The molecule has 1 aromatic heterocycles. The van der Waals surface area contributed by atoms with Gasteiger partial charge in [-0.1, -0.05) is 38.1 Å². The van der Waals surface area contributed by atoms with Gasteiger partial charge >= 0.3 is 0 Å². The average molecular weight is 466 g/mol. The highest BCUT2D eigenvalue weighted by molar-refractivity contribution is 7.92. The number of sulfonamides is 1. The van der Waals surface area contributed by atoms with E-state index >= 15 is 0 Å². The van der Waals surface area contributed by atoms with Crippen LogP contribution in [0.15, 0.2) is 84.4 Å². The Kier molecular flexibility index (Phi) is 7.84. The van der Waals surface area contributed by atoms with Crippen LogP contribution in [0.1, 0.15) is 29.8 Å². The maximum absolute atomic E-state index is 12.8. The minimum Gasteiger partial charge on any atom is -0.438 e. The lowest BCUT2D eigenvalue weighted by atomic mass is 10.0. The van der Waals surface area contributed by atoms with E-state index in [2.05, 4.69) is 35.4 Å². The van der Waals surface area contributed by atoms with Gasteiger partial charge in [-0.2, -0.15) is 0 Å². The Labute approximate surface area is 194 Å². The zero-order valence-electron chi connectivity index (χ0n) is 18.6. The summed E-state index contributed by atoms with van der Waals surface area (Å²) in [4.78, 5) is 16.6. The van der Waals surface area contributed by atoms with Crippen LogP contribution in [-0.2, 0) is 16.4 Å². The molecule has 0 saturated carbocycles. The number of nitrogens with zero attached hydrogens (tertiary/aromatic N) is 1. The minimum atomic E-state index is -3.77. The van der Waals surface area contributed by atoms with Crippen molar-refractivity contribution >= 4 is 21.6 Å². The highest BCUT2D eigenvalue weighted by Crippen LogP contribution is 2.26. The topological polar surface area (TPSA) is 97.4 Å². The molecule has 3 rings (SSSR count). The molecule has 172 valence electrons. The quantitative estimate of drug-likeness (QED) is 0.420. The molecular weight excluding hydrogens is 438 g/mol. The maximum atomic E-state index is 12.8. The van der Waals surface area contributed by atoms with Crippen molar-refractivity contribution in [2.24, 2.45) is 5.92 Å². The fraction of sp³-hybridized carbons (Fsp3) is 0.200. The molecule has 0 bridgehead atoms. The van der Waals surface area contributed by atoms with Crippen molar-refractivity contribution in [3.8, 4) is 11.6 Å². The second-order valence-electron chi connectivity index (χ2n) is 7.83.